The molecule has 2 aromatic carbocycles. The van der Waals surface area contributed by atoms with Gasteiger partial charge in [0, 0.05) is 11.6 Å². The molecule has 3 aromatic rings. The van der Waals surface area contributed by atoms with Crippen molar-refractivity contribution in [2.45, 2.75) is 31.6 Å². The molecule has 1 aliphatic carbocycles. The lowest BCUT2D eigenvalue weighted by Crippen LogP contribution is -2.22. The van der Waals surface area contributed by atoms with Crippen LogP contribution in [0.15, 0.2) is 53.1 Å². The second-order valence-electron chi connectivity index (χ2n) is 6.76. The van der Waals surface area contributed by atoms with E-state index in [2.05, 4.69) is 33.2 Å². The fourth-order valence-corrected chi connectivity index (χ4v) is 3.56. The maximum atomic E-state index is 12.7. The monoisotopic (exact) mass is 373 g/mol. The SMILES string of the molecule is CN(Cc1nc(-c2ccc(C(F)(F)F)cc2)no1)C1CCc2ccccc21. The van der Waals surface area contributed by atoms with E-state index in [1.54, 1.807) is 0 Å². The van der Waals surface area contributed by atoms with Crippen LogP contribution < -0.4 is 0 Å². The normalized spacial score (nSPS) is 16.7. The third-order valence-electron chi connectivity index (χ3n) is 4.96. The molecule has 1 atom stereocenters. The number of benzene rings is 2. The van der Waals surface area contributed by atoms with E-state index in [0.29, 0.717) is 29.9 Å². The van der Waals surface area contributed by atoms with Crippen molar-refractivity contribution in [3.05, 3.63) is 71.1 Å². The van der Waals surface area contributed by atoms with Gasteiger partial charge in [-0.3, -0.25) is 4.90 Å². The zero-order valence-electron chi connectivity index (χ0n) is 14.7. The Morgan fingerprint density at radius 3 is 2.59 bits per heavy atom. The van der Waals surface area contributed by atoms with Crippen LogP contribution in [0.25, 0.3) is 11.4 Å². The standard InChI is InChI=1S/C20H18F3N3O/c1-26(17-11-8-13-4-2-3-5-16(13)17)12-18-24-19(25-27-18)14-6-9-15(10-7-14)20(21,22)23/h2-7,9-10,17H,8,11-12H2,1H3. The van der Waals surface area contributed by atoms with Crippen LogP contribution in [0.2, 0.25) is 0 Å². The Morgan fingerprint density at radius 2 is 1.85 bits per heavy atom. The predicted octanol–water partition coefficient (Wildman–Crippen LogP) is 4.87. The molecule has 1 unspecified atom stereocenters. The van der Waals surface area contributed by atoms with Gasteiger partial charge in [0.2, 0.25) is 11.7 Å². The lowest BCUT2D eigenvalue weighted by molar-refractivity contribution is -0.137. The topological polar surface area (TPSA) is 42.2 Å². The minimum Gasteiger partial charge on any atom is -0.338 e. The van der Waals surface area contributed by atoms with Crippen LogP contribution in [0.3, 0.4) is 0 Å². The van der Waals surface area contributed by atoms with Crippen molar-refractivity contribution < 1.29 is 17.7 Å². The zero-order chi connectivity index (χ0) is 19.0. The van der Waals surface area contributed by atoms with Crippen molar-refractivity contribution in [3.63, 3.8) is 0 Å². The Balaban J connectivity index is 1.47. The summed E-state index contributed by atoms with van der Waals surface area (Å²) >= 11 is 0. The molecule has 1 aliphatic rings. The van der Waals surface area contributed by atoms with E-state index in [-0.39, 0.29) is 0 Å². The lowest BCUT2D eigenvalue weighted by atomic mass is 10.1. The highest BCUT2D eigenvalue weighted by molar-refractivity contribution is 5.54. The van der Waals surface area contributed by atoms with E-state index < -0.39 is 11.7 Å². The summed E-state index contributed by atoms with van der Waals surface area (Å²) in [5, 5.41) is 3.91. The molecule has 0 radical (unpaired) electrons. The molecule has 4 nitrogen and oxygen atoms in total. The molecule has 0 aliphatic heterocycles. The van der Waals surface area contributed by atoms with Crippen LogP contribution in [-0.4, -0.2) is 22.1 Å². The molecule has 0 amide bonds. The van der Waals surface area contributed by atoms with Gasteiger partial charge in [-0.1, -0.05) is 41.6 Å². The second-order valence-corrected chi connectivity index (χ2v) is 6.76. The van der Waals surface area contributed by atoms with Gasteiger partial charge in [-0.2, -0.15) is 18.2 Å². The largest absolute Gasteiger partial charge is 0.416 e. The summed E-state index contributed by atoms with van der Waals surface area (Å²) in [4.78, 5) is 6.50. The van der Waals surface area contributed by atoms with Crippen molar-refractivity contribution in [2.24, 2.45) is 0 Å². The molecule has 7 heteroatoms. The fourth-order valence-electron chi connectivity index (χ4n) is 3.56. The van der Waals surface area contributed by atoms with Gasteiger partial charge in [0.1, 0.15) is 0 Å². The molecule has 1 heterocycles. The van der Waals surface area contributed by atoms with Crippen molar-refractivity contribution in [3.8, 4) is 11.4 Å². The number of aromatic nitrogens is 2. The summed E-state index contributed by atoms with van der Waals surface area (Å²) in [6.45, 7) is 0.479. The van der Waals surface area contributed by atoms with E-state index in [1.807, 2.05) is 13.1 Å². The van der Waals surface area contributed by atoms with Gasteiger partial charge < -0.3 is 4.52 Å². The fraction of sp³-hybridized carbons (Fsp3) is 0.300. The first-order chi connectivity index (χ1) is 12.9. The van der Waals surface area contributed by atoms with Gasteiger partial charge in [0.05, 0.1) is 12.1 Å². The highest BCUT2D eigenvalue weighted by Crippen LogP contribution is 2.35. The van der Waals surface area contributed by atoms with Crippen molar-refractivity contribution in [1.82, 2.24) is 15.0 Å². The van der Waals surface area contributed by atoms with Crippen LogP contribution in [0.1, 0.15) is 35.0 Å². The van der Waals surface area contributed by atoms with E-state index in [1.165, 1.54) is 23.3 Å². The van der Waals surface area contributed by atoms with E-state index in [0.717, 1.165) is 25.0 Å². The van der Waals surface area contributed by atoms with Gasteiger partial charge in [0.25, 0.3) is 0 Å². The summed E-state index contributed by atoms with van der Waals surface area (Å²) in [6, 6.07) is 13.4. The van der Waals surface area contributed by atoms with Crippen molar-refractivity contribution in [1.29, 1.82) is 0 Å². The number of hydrogen-bond donors (Lipinski definition) is 0. The first kappa shape index (κ1) is 17.7. The maximum absolute atomic E-state index is 12.7. The number of hydrogen-bond acceptors (Lipinski definition) is 4. The Kier molecular flexibility index (Phi) is 4.47. The zero-order valence-corrected chi connectivity index (χ0v) is 14.7. The molecule has 0 saturated carbocycles. The van der Waals surface area contributed by atoms with Crippen LogP contribution in [0, 0.1) is 0 Å². The highest BCUT2D eigenvalue weighted by Gasteiger charge is 2.30. The van der Waals surface area contributed by atoms with Crippen LogP contribution >= 0.6 is 0 Å². The first-order valence-corrected chi connectivity index (χ1v) is 8.70. The average molecular weight is 373 g/mol. The van der Waals surface area contributed by atoms with E-state index in [9.17, 15) is 13.2 Å². The molecule has 1 aromatic heterocycles. The van der Waals surface area contributed by atoms with E-state index in [4.69, 9.17) is 4.52 Å². The smallest absolute Gasteiger partial charge is 0.338 e. The summed E-state index contributed by atoms with van der Waals surface area (Å²) in [5.41, 5.74) is 2.48. The number of alkyl halides is 3. The quantitative estimate of drug-likeness (QED) is 0.654. The van der Waals surface area contributed by atoms with Gasteiger partial charge in [-0.05, 0) is 43.1 Å². The Morgan fingerprint density at radius 1 is 1.11 bits per heavy atom. The first-order valence-electron chi connectivity index (χ1n) is 8.70. The molecular formula is C20H18F3N3O. The number of halogens is 3. The van der Waals surface area contributed by atoms with Crippen molar-refractivity contribution >= 4 is 0 Å². The predicted molar refractivity (Wildman–Crippen MR) is 93.7 cm³/mol. The lowest BCUT2D eigenvalue weighted by Gasteiger charge is -2.23. The molecule has 0 bridgehead atoms. The summed E-state index contributed by atoms with van der Waals surface area (Å²) in [6.07, 6.45) is -2.28. The Bertz CT molecular complexity index is 934. The molecule has 0 spiro atoms. The number of fused-ring (bicyclic) bond motifs is 1. The minimum absolute atomic E-state index is 0.291. The molecule has 0 N–H and O–H groups in total. The summed E-state index contributed by atoms with van der Waals surface area (Å²) < 4.78 is 43.3. The molecule has 0 saturated heterocycles. The van der Waals surface area contributed by atoms with Gasteiger partial charge in [0.15, 0.2) is 0 Å². The van der Waals surface area contributed by atoms with Gasteiger partial charge >= 0.3 is 6.18 Å². The highest BCUT2D eigenvalue weighted by atomic mass is 19.4. The molecule has 0 fully saturated rings. The molecule has 4 rings (SSSR count). The Hall–Kier alpha value is -2.67. The van der Waals surface area contributed by atoms with E-state index >= 15 is 0 Å². The third-order valence-corrected chi connectivity index (χ3v) is 4.96. The third kappa shape index (κ3) is 3.60. The number of rotatable bonds is 4. The summed E-state index contributed by atoms with van der Waals surface area (Å²) in [5.74, 6) is 0.732. The maximum Gasteiger partial charge on any atom is 0.416 e. The Labute approximate surface area is 154 Å². The van der Waals surface area contributed by atoms with Gasteiger partial charge in [-0.15, -0.1) is 0 Å². The number of nitrogens with zero attached hydrogens (tertiary/aromatic N) is 3. The van der Waals surface area contributed by atoms with Crippen molar-refractivity contribution in [2.75, 3.05) is 7.05 Å². The molecular weight excluding hydrogens is 355 g/mol. The minimum atomic E-state index is -4.36. The van der Waals surface area contributed by atoms with Crippen LogP contribution in [-0.2, 0) is 19.1 Å². The summed E-state index contributed by atoms with van der Waals surface area (Å²) in [7, 11) is 2.01. The molecule has 27 heavy (non-hydrogen) atoms. The average Bonchev–Trinajstić information content (AvgIpc) is 3.28. The number of aryl methyl sites for hydroxylation is 1. The van der Waals surface area contributed by atoms with Crippen LogP contribution in [0.5, 0.6) is 0 Å². The van der Waals surface area contributed by atoms with Gasteiger partial charge in [-0.25, -0.2) is 0 Å². The molecule has 140 valence electrons. The second kappa shape index (κ2) is 6.81. The van der Waals surface area contributed by atoms with Crippen LogP contribution in [0.4, 0.5) is 13.2 Å².